The molecule has 3 nitrogen and oxygen atoms in total. The highest BCUT2D eigenvalue weighted by Crippen LogP contribution is 2.29. The van der Waals surface area contributed by atoms with Crippen LogP contribution in [0.3, 0.4) is 0 Å². The summed E-state index contributed by atoms with van der Waals surface area (Å²) in [6.45, 7) is 5.93. The summed E-state index contributed by atoms with van der Waals surface area (Å²) in [5, 5.41) is 3.66. The van der Waals surface area contributed by atoms with E-state index in [-0.39, 0.29) is 0 Å². The van der Waals surface area contributed by atoms with Crippen LogP contribution in [0.2, 0.25) is 0 Å². The molecule has 0 bridgehead atoms. The van der Waals surface area contributed by atoms with Crippen LogP contribution in [-0.4, -0.2) is 61.7 Å². The molecule has 2 aliphatic rings. The van der Waals surface area contributed by atoms with Gasteiger partial charge in [-0.05, 0) is 59.3 Å². The molecular formula is C15H31N3. The van der Waals surface area contributed by atoms with Crippen LogP contribution in [0.1, 0.15) is 45.4 Å². The molecule has 3 atom stereocenters. The summed E-state index contributed by atoms with van der Waals surface area (Å²) in [5.41, 5.74) is 0. The van der Waals surface area contributed by atoms with Crippen molar-refractivity contribution in [3.05, 3.63) is 0 Å². The van der Waals surface area contributed by atoms with Crippen LogP contribution < -0.4 is 5.32 Å². The van der Waals surface area contributed by atoms with Gasteiger partial charge in [0.2, 0.25) is 0 Å². The maximum atomic E-state index is 3.66. The van der Waals surface area contributed by atoms with E-state index < -0.39 is 0 Å². The van der Waals surface area contributed by atoms with Gasteiger partial charge in [-0.25, -0.2) is 0 Å². The zero-order valence-corrected chi connectivity index (χ0v) is 12.5. The van der Waals surface area contributed by atoms with E-state index in [9.17, 15) is 0 Å². The summed E-state index contributed by atoms with van der Waals surface area (Å²) >= 11 is 0. The second kappa shape index (κ2) is 6.88. The Hall–Kier alpha value is -0.120. The molecule has 1 heterocycles. The zero-order valence-electron chi connectivity index (χ0n) is 12.5. The van der Waals surface area contributed by atoms with Gasteiger partial charge in [0.1, 0.15) is 0 Å². The summed E-state index contributed by atoms with van der Waals surface area (Å²) in [6, 6.07) is 2.43. The van der Waals surface area contributed by atoms with E-state index in [1.165, 1.54) is 51.6 Å². The Kier molecular flexibility index (Phi) is 5.46. The Morgan fingerprint density at radius 1 is 1.17 bits per heavy atom. The molecule has 0 aromatic rings. The molecule has 0 radical (unpaired) electrons. The third-order valence-electron chi connectivity index (χ3n) is 4.61. The molecule has 2 rings (SSSR count). The highest BCUT2D eigenvalue weighted by Gasteiger charge is 2.33. The minimum absolute atomic E-state index is 0.773. The van der Waals surface area contributed by atoms with E-state index in [1.54, 1.807) is 0 Å². The van der Waals surface area contributed by atoms with Crippen molar-refractivity contribution in [2.45, 2.75) is 63.6 Å². The molecule has 0 spiro atoms. The largest absolute Gasteiger partial charge is 0.314 e. The summed E-state index contributed by atoms with van der Waals surface area (Å²) in [5.74, 6) is 0. The lowest BCUT2D eigenvalue weighted by atomic mass is 9.89. The first-order valence-corrected chi connectivity index (χ1v) is 7.84. The molecule has 18 heavy (non-hydrogen) atoms. The van der Waals surface area contributed by atoms with Crippen LogP contribution in [-0.2, 0) is 0 Å². The topological polar surface area (TPSA) is 18.5 Å². The van der Waals surface area contributed by atoms with Crippen LogP contribution in [0.25, 0.3) is 0 Å². The maximum absolute atomic E-state index is 3.66. The Balaban J connectivity index is 1.88. The monoisotopic (exact) mass is 253 g/mol. The van der Waals surface area contributed by atoms with E-state index in [4.69, 9.17) is 0 Å². The normalized spacial score (nSPS) is 34.3. The Morgan fingerprint density at radius 3 is 2.72 bits per heavy atom. The van der Waals surface area contributed by atoms with Crippen molar-refractivity contribution >= 4 is 0 Å². The van der Waals surface area contributed by atoms with Gasteiger partial charge in [0.05, 0.1) is 0 Å². The zero-order chi connectivity index (χ0) is 13.0. The third kappa shape index (κ3) is 3.69. The number of hydrogen-bond donors (Lipinski definition) is 1. The number of nitrogens with zero attached hydrogens (tertiary/aromatic N) is 2. The van der Waals surface area contributed by atoms with E-state index in [0.717, 1.165) is 24.7 Å². The molecule has 1 saturated heterocycles. The van der Waals surface area contributed by atoms with Gasteiger partial charge in [-0.3, -0.25) is 4.90 Å². The third-order valence-corrected chi connectivity index (χ3v) is 4.61. The number of rotatable bonds is 5. The van der Waals surface area contributed by atoms with Gasteiger partial charge >= 0.3 is 0 Å². The molecule has 3 unspecified atom stereocenters. The fourth-order valence-corrected chi connectivity index (χ4v) is 3.90. The van der Waals surface area contributed by atoms with Crippen LogP contribution in [0.5, 0.6) is 0 Å². The predicted molar refractivity (Wildman–Crippen MR) is 78.0 cm³/mol. The van der Waals surface area contributed by atoms with Gasteiger partial charge < -0.3 is 10.2 Å². The summed E-state index contributed by atoms with van der Waals surface area (Å²) < 4.78 is 0. The van der Waals surface area contributed by atoms with Gasteiger partial charge in [-0.2, -0.15) is 0 Å². The Labute approximate surface area is 113 Å². The molecule has 0 amide bonds. The van der Waals surface area contributed by atoms with E-state index in [2.05, 4.69) is 36.1 Å². The molecule has 1 aliphatic carbocycles. The van der Waals surface area contributed by atoms with Crippen molar-refractivity contribution in [3.63, 3.8) is 0 Å². The summed E-state index contributed by atoms with van der Waals surface area (Å²) in [7, 11) is 4.41. The molecule has 3 heteroatoms. The molecule has 1 saturated carbocycles. The first-order valence-electron chi connectivity index (χ1n) is 7.84. The molecule has 1 aliphatic heterocycles. The number of likely N-dealkylation sites (tertiary alicyclic amines) is 1. The Morgan fingerprint density at radius 2 is 2.00 bits per heavy atom. The van der Waals surface area contributed by atoms with Gasteiger partial charge in [0, 0.05) is 24.7 Å². The first kappa shape index (κ1) is 14.3. The van der Waals surface area contributed by atoms with Crippen LogP contribution in [0.15, 0.2) is 0 Å². The highest BCUT2D eigenvalue weighted by atomic mass is 15.2. The lowest BCUT2D eigenvalue weighted by Gasteiger charge is -2.39. The number of likely N-dealkylation sites (N-methyl/N-ethyl adjacent to an activating group) is 1. The smallest absolute Gasteiger partial charge is 0.0226 e. The van der Waals surface area contributed by atoms with Crippen LogP contribution in [0, 0.1) is 0 Å². The van der Waals surface area contributed by atoms with Crippen molar-refractivity contribution < 1.29 is 0 Å². The van der Waals surface area contributed by atoms with Gasteiger partial charge in [-0.15, -0.1) is 0 Å². The van der Waals surface area contributed by atoms with Crippen LogP contribution in [0.4, 0.5) is 0 Å². The first-order chi connectivity index (χ1) is 8.70. The van der Waals surface area contributed by atoms with E-state index in [0.29, 0.717) is 0 Å². The van der Waals surface area contributed by atoms with Crippen LogP contribution >= 0.6 is 0 Å². The average molecular weight is 253 g/mol. The fourth-order valence-electron chi connectivity index (χ4n) is 3.90. The summed E-state index contributed by atoms with van der Waals surface area (Å²) in [6.07, 6.45) is 8.40. The van der Waals surface area contributed by atoms with Crippen molar-refractivity contribution in [1.82, 2.24) is 15.1 Å². The standard InChI is InChI=1S/C15H31N3/c1-4-16-13-7-5-8-14(11-13)18-10-6-9-15(18)12-17(2)3/h13-16H,4-12H2,1-3H3. The number of hydrogen-bond acceptors (Lipinski definition) is 3. The minimum atomic E-state index is 0.773. The van der Waals surface area contributed by atoms with E-state index in [1.807, 2.05) is 0 Å². The second-order valence-electron chi connectivity index (χ2n) is 6.37. The van der Waals surface area contributed by atoms with Crippen molar-refractivity contribution in [2.75, 3.05) is 33.7 Å². The van der Waals surface area contributed by atoms with Crippen molar-refractivity contribution in [1.29, 1.82) is 0 Å². The minimum Gasteiger partial charge on any atom is -0.314 e. The molecular weight excluding hydrogens is 222 g/mol. The molecule has 0 aromatic carbocycles. The van der Waals surface area contributed by atoms with Crippen molar-refractivity contribution in [2.24, 2.45) is 0 Å². The Bertz CT molecular complexity index is 240. The van der Waals surface area contributed by atoms with Gasteiger partial charge in [0.25, 0.3) is 0 Å². The lowest BCUT2D eigenvalue weighted by molar-refractivity contribution is 0.111. The van der Waals surface area contributed by atoms with Gasteiger partial charge in [-0.1, -0.05) is 13.3 Å². The molecule has 2 fully saturated rings. The molecule has 1 N–H and O–H groups in total. The van der Waals surface area contributed by atoms with E-state index >= 15 is 0 Å². The second-order valence-corrected chi connectivity index (χ2v) is 6.37. The quantitative estimate of drug-likeness (QED) is 0.808. The lowest BCUT2D eigenvalue weighted by Crippen LogP contribution is -2.48. The highest BCUT2D eigenvalue weighted by molar-refractivity contribution is 4.90. The molecule has 106 valence electrons. The SMILES string of the molecule is CCNC1CCCC(N2CCCC2CN(C)C)C1. The molecule has 0 aromatic heterocycles. The van der Waals surface area contributed by atoms with Gasteiger partial charge in [0.15, 0.2) is 0 Å². The fraction of sp³-hybridized carbons (Fsp3) is 1.00. The maximum Gasteiger partial charge on any atom is 0.0226 e. The van der Waals surface area contributed by atoms with Crippen molar-refractivity contribution in [3.8, 4) is 0 Å². The average Bonchev–Trinajstić information content (AvgIpc) is 2.77. The summed E-state index contributed by atoms with van der Waals surface area (Å²) in [4.78, 5) is 5.18. The predicted octanol–water partition coefficient (Wildman–Crippen LogP) is 1.93. The number of nitrogens with one attached hydrogen (secondary N) is 1.